The molecule has 0 spiro atoms. The lowest BCUT2D eigenvalue weighted by Gasteiger charge is -2.13. The molecule has 110 valence electrons. The molecule has 1 atom stereocenters. The summed E-state index contributed by atoms with van der Waals surface area (Å²) >= 11 is 6.30. The zero-order valence-corrected chi connectivity index (χ0v) is 13.6. The van der Waals surface area contributed by atoms with Gasteiger partial charge in [0.1, 0.15) is 0 Å². The molecular formula is C16H34ClN. The molecule has 1 nitrogen and oxygen atoms in total. The molecule has 2 heteroatoms. The molecule has 0 amide bonds. The summed E-state index contributed by atoms with van der Waals surface area (Å²) < 4.78 is 0. The van der Waals surface area contributed by atoms with E-state index in [0.29, 0.717) is 5.38 Å². The van der Waals surface area contributed by atoms with E-state index in [2.05, 4.69) is 25.9 Å². The number of unbranched alkanes of at least 4 members (excludes halogenated alkanes) is 8. The molecule has 0 aliphatic rings. The van der Waals surface area contributed by atoms with E-state index in [-0.39, 0.29) is 0 Å². The van der Waals surface area contributed by atoms with E-state index in [1.165, 1.54) is 64.2 Å². The third kappa shape index (κ3) is 14.3. The zero-order valence-electron chi connectivity index (χ0n) is 12.9. The normalized spacial score (nSPS) is 13.2. The highest BCUT2D eigenvalue weighted by Gasteiger charge is 2.04. The quantitative estimate of drug-likeness (QED) is 0.318. The molecule has 0 aromatic rings. The van der Waals surface area contributed by atoms with Crippen molar-refractivity contribution in [3.05, 3.63) is 0 Å². The topological polar surface area (TPSA) is 3.24 Å². The molecule has 0 saturated heterocycles. The Labute approximate surface area is 120 Å². The van der Waals surface area contributed by atoms with Crippen molar-refractivity contribution in [1.82, 2.24) is 4.90 Å². The first-order valence-electron chi connectivity index (χ1n) is 7.95. The maximum Gasteiger partial charge on any atom is 0.0348 e. The Morgan fingerprint density at radius 2 is 1.28 bits per heavy atom. The molecule has 0 heterocycles. The molecule has 0 aromatic carbocycles. The van der Waals surface area contributed by atoms with Crippen LogP contribution in [0.3, 0.4) is 0 Å². The van der Waals surface area contributed by atoms with Crippen molar-refractivity contribution in [1.29, 1.82) is 0 Å². The lowest BCUT2D eigenvalue weighted by Crippen LogP contribution is -2.16. The fourth-order valence-corrected chi connectivity index (χ4v) is 2.47. The summed E-state index contributed by atoms with van der Waals surface area (Å²) in [6.45, 7) is 3.39. The SMILES string of the molecule is CCCCCCCCCCCC(Cl)CCN(C)C. The van der Waals surface area contributed by atoms with Crippen molar-refractivity contribution in [2.75, 3.05) is 20.6 Å². The Hall–Kier alpha value is 0.250. The van der Waals surface area contributed by atoms with Gasteiger partial charge in [-0.25, -0.2) is 0 Å². The van der Waals surface area contributed by atoms with Gasteiger partial charge in [-0.05, 0) is 33.5 Å². The van der Waals surface area contributed by atoms with Crippen molar-refractivity contribution >= 4 is 11.6 Å². The van der Waals surface area contributed by atoms with Crippen molar-refractivity contribution in [3.63, 3.8) is 0 Å². The first-order chi connectivity index (χ1) is 8.66. The van der Waals surface area contributed by atoms with E-state index in [0.717, 1.165) is 13.0 Å². The second-order valence-electron chi connectivity index (χ2n) is 5.81. The number of hydrogen-bond acceptors (Lipinski definition) is 1. The number of halogens is 1. The summed E-state index contributed by atoms with van der Waals surface area (Å²) in [5, 5.41) is 0.386. The van der Waals surface area contributed by atoms with Gasteiger partial charge in [-0.2, -0.15) is 0 Å². The second kappa shape index (κ2) is 13.7. The van der Waals surface area contributed by atoms with Gasteiger partial charge in [-0.3, -0.25) is 0 Å². The third-order valence-electron chi connectivity index (χ3n) is 3.51. The Morgan fingerprint density at radius 3 is 1.78 bits per heavy atom. The average molecular weight is 276 g/mol. The Kier molecular flexibility index (Phi) is 13.9. The maximum absolute atomic E-state index is 6.30. The highest BCUT2D eigenvalue weighted by molar-refractivity contribution is 6.20. The van der Waals surface area contributed by atoms with E-state index in [1.807, 2.05) is 0 Å². The van der Waals surface area contributed by atoms with Crippen LogP contribution in [-0.2, 0) is 0 Å². The van der Waals surface area contributed by atoms with Gasteiger partial charge in [0.2, 0.25) is 0 Å². The average Bonchev–Trinajstić information content (AvgIpc) is 2.34. The van der Waals surface area contributed by atoms with E-state index >= 15 is 0 Å². The van der Waals surface area contributed by atoms with Crippen molar-refractivity contribution in [2.45, 2.75) is 82.9 Å². The second-order valence-corrected chi connectivity index (χ2v) is 6.42. The van der Waals surface area contributed by atoms with Crippen LogP contribution in [0.25, 0.3) is 0 Å². The van der Waals surface area contributed by atoms with Crippen LogP contribution in [-0.4, -0.2) is 30.9 Å². The molecule has 0 N–H and O–H groups in total. The first-order valence-corrected chi connectivity index (χ1v) is 8.39. The van der Waals surface area contributed by atoms with Gasteiger partial charge in [-0.15, -0.1) is 11.6 Å². The predicted octanol–water partition coefficient (Wildman–Crippen LogP) is 5.47. The van der Waals surface area contributed by atoms with Gasteiger partial charge in [0.25, 0.3) is 0 Å². The number of alkyl halides is 1. The van der Waals surface area contributed by atoms with Crippen LogP contribution < -0.4 is 0 Å². The lowest BCUT2D eigenvalue weighted by molar-refractivity contribution is 0.391. The molecule has 1 unspecified atom stereocenters. The van der Waals surface area contributed by atoms with Gasteiger partial charge < -0.3 is 4.90 Å². The summed E-state index contributed by atoms with van der Waals surface area (Å²) in [5.74, 6) is 0. The van der Waals surface area contributed by atoms with Gasteiger partial charge in [0.15, 0.2) is 0 Å². The minimum atomic E-state index is 0.386. The fourth-order valence-electron chi connectivity index (χ4n) is 2.22. The van der Waals surface area contributed by atoms with Crippen molar-refractivity contribution < 1.29 is 0 Å². The van der Waals surface area contributed by atoms with Gasteiger partial charge in [0, 0.05) is 5.38 Å². The molecule has 0 bridgehead atoms. The van der Waals surface area contributed by atoms with Crippen LogP contribution in [0, 0.1) is 0 Å². The summed E-state index contributed by atoms with van der Waals surface area (Å²) in [6.07, 6.45) is 14.9. The van der Waals surface area contributed by atoms with Gasteiger partial charge in [0.05, 0.1) is 0 Å². The van der Waals surface area contributed by atoms with Crippen LogP contribution in [0.4, 0.5) is 0 Å². The highest BCUT2D eigenvalue weighted by Crippen LogP contribution is 2.15. The highest BCUT2D eigenvalue weighted by atomic mass is 35.5. The van der Waals surface area contributed by atoms with Crippen LogP contribution in [0.1, 0.15) is 77.6 Å². The fraction of sp³-hybridized carbons (Fsp3) is 1.00. The van der Waals surface area contributed by atoms with E-state index in [9.17, 15) is 0 Å². The minimum Gasteiger partial charge on any atom is -0.309 e. The largest absolute Gasteiger partial charge is 0.309 e. The molecule has 0 saturated carbocycles. The smallest absolute Gasteiger partial charge is 0.0348 e. The molecule has 0 fully saturated rings. The van der Waals surface area contributed by atoms with E-state index in [1.54, 1.807) is 0 Å². The van der Waals surface area contributed by atoms with Crippen LogP contribution in [0.5, 0.6) is 0 Å². The standard InChI is InChI=1S/C16H34ClN/c1-4-5-6-7-8-9-10-11-12-13-16(17)14-15-18(2)3/h16H,4-15H2,1-3H3. The predicted molar refractivity (Wildman–Crippen MR) is 84.7 cm³/mol. The third-order valence-corrected chi connectivity index (χ3v) is 3.95. The molecule has 0 aliphatic carbocycles. The van der Waals surface area contributed by atoms with Gasteiger partial charge >= 0.3 is 0 Å². The van der Waals surface area contributed by atoms with Crippen LogP contribution in [0.2, 0.25) is 0 Å². The first kappa shape index (κ1) is 18.2. The van der Waals surface area contributed by atoms with Crippen molar-refractivity contribution in [3.8, 4) is 0 Å². The number of rotatable bonds is 13. The molecule has 0 aliphatic heterocycles. The molecule has 0 rings (SSSR count). The number of nitrogens with zero attached hydrogens (tertiary/aromatic N) is 1. The molecular weight excluding hydrogens is 242 g/mol. The van der Waals surface area contributed by atoms with Gasteiger partial charge in [-0.1, -0.05) is 64.7 Å². The number of hydrogen-bond donors (Lipinski definition) is 0. The van der Waals surface area contributed by atoms with Crippen LogP contribution >= 0.6 is 11.6 Å². The summed E-state index contributed by atoms with van der Waals surface area (Å²) in [7, 11) is 4.23. The van der Waals surface area contributed by atoms with E-state index < -0.39 is 0 Å². The summed E-state index contributed by atoms with van der Waals surface area (Å²) in [5.41, 5.74) is 0. The monoisotopic (exact) mass is 275 g/mol. The molecule has 18 heavy (non-hydrogen) atoms. The zero-order chi connectivity index (χ0) is 13.6. The Morgan fingerprint density at radius 1 is 0.778 bits per heavy atom. The Balaban J connectivity index is 3.10. The molecule has 0 aromatic heterocycles. The summed E-state index contributed by atoms with van der Waals surface area (Å²) in [4.78, 5) is 2.21. The van der Waals surface area contributed by atoms with Crippen molar-refractivity contribution in [2.24, 2.45) is 0 Å². The Bertz CT molecular complexity index is 159. The molecule has 0 radical (unpaired) electrons. The van der Waals surface area contributed by atoms with E-state index in [4.69, 9.17) is 11.6 Å². The maximum atomic E-state index is 6.30. The lowest BCUT2D eigenvalue weighted by atomic mass is 10.1. The van der Waals surface area contributed by atoms with Crippen LogP contribution in [0.15, 0.2) is 0 Å². The summed E-state index contributed by atoms with van der Waals surface area (Å²) in [6, 6.07) is 0. The minimum absolute atomic E-state index is 0.386.